The lowest BCUT2D eigenvalue weighted by molar-refractivity contribution is -0.110. The number of carbonyl (C=O) groups excluding carboxylic acids is 2. The number of amides is 2. The van der Waals surface area contributed by atoms with Gasteiger partial charge in [-0.05, 0) is 82.5 Å². The predicted molar refractivity (Wildman–Crippen MR) is 149 cm³/mol. The molecule has 4 aromatic rings. The van der Waals surface area contributed by atoms with Gasteiger partial charge in [0.25, 0.3) is 11.8 Å². The van der Waals surface area contributed by atoms with Crippen molar-refractivity contribution in [3.8, 4) is 0 Å². The minimum absolute atomic E-state index is 0.149. The second-order valence-corrected chi connectivity index (χ2v) is 10.5. The molecule has 2 aromatic heterocycles. The van der Waals surface area contributed by atoms with Gasteiger partial charge in [-0.2, -0.15) is 10.2 Å². The maximum Gasteiger partial charge on any atom is 0.273 e. The number of aromatic nitrogens is 4. The zero-order valence-electron chi connectivity index (χ0n) is 22.1. The number of aromatic amines is 1. The van der Waals surface area contributed by atoms with E-state index in [0.717, 1.165) is 39.6 Å². The molecule has 4 N–H and O–H groups in total. The first kappa shape index (κ1) is 25.0. The van der Waals surface area contributed by atoms with Crippen LogP contribution in [0.1, 0.15) is 59.3 Å². The minimum Gasteiger partial charge on any atom is -0.346 e. The summed E-state index contributed by atoms with van der Waals surface area (Å²) in [6.07, 6.45) is 2.38. The number of hydrogen-bond acceptors (Lipinski definition) is 5. The summed E-state index contributed by atoms with van der Waals surface area (Å²) in [6, 6.07) is 17.4. The number of fused-ring (bicyclic) bond motifs is 1. The van der Waals surface area contributed by atoms with Gasteiger partial charge < -0.3 is 16.0 Å². The third-order valence-electron chi connectivity index (χ3n) is 6.26. The molecular formula is C29H31N7O2. The molecule has 0 aliphatic carbocycles. The Balaban J connectivity index is 1.28. The van der Waals surface area contributed by atoms with Gasteiger partial charge in [0.2, 0.25) is 0 Å². The number of H-pyrrole nitrogens is 1. The Bertz CT molecular complexity index is 1550. The molecule has 3 heterocycles. The standard InChI is InChI=1S/C29H31N7O2/c1-17-13-26(34-33-17)30-16-23-22-15-20(8-11-24(22)32-27(23)37)14-19-6-9-21(10-7-19)31-28(38)25-12-18(2)35-36(25)29(3,4)5/h6-13,15-16H,14H2,1-5H3,(H,31,38)(H,32,37)(H2,30,33,34)/b23-16-. The van der Waals surface area contributed by atoms with Crippen molar-refractivity contribution in [1.82, 2.24) is 20.0 Å². The maximum atomic E-state index is 13.0. The van der Waals surface area contributed by atoms with E-state index < -0.39 is 0 Å². The highest BCUT2D eigenvalue weighted by atomic mass is 16.2. The summed E-state index contributed by atoms with van der Waals surface area (Å²) >= 11 is 0. The molecule has 9 nitrogen and oxygen atoms in total. The molecule has 2 aromatic carbocycles. The van der Waals surface area contributed by atoms with Gasteiger partial charge in [0.15, 0.2) is 0 Å². The fourth-order valence-electron chi connectivity index (χ4n) is 4.44. The highest BCUT2D eigenvalue weighted by Crippen LogP contribution is 2.33. The Hall–Kier alpha value is -4.66. The average molecular weight is 510 g/mol. The van der Waals surface area contributed by atoms with Crippen molar-refractivity contribution in [2.45, 2.75) is 46.6 Å². The third-order valence-corrected chi connectivity index (χ3v) is 6.26. The fourth-order valence-corrected chi connectivity index (χ4v) is 4.44. The van der Waals surface area contributed by atoms with Crippen LogP contribution in [0.5, 0.6) is 0 Å². The summed E-state index contributed by atoms with van der Waals surface area (Å²) in [5.41, 5.74) is 6.98. The van der Waals surface area contributed by atoms with Gasteiger partial charge in [-0.15, -0.1) is 0 Å². The number of carbonyl (C=O) groups is 2. The summed E-state index contributed by atoms with van der Waals surface area (Å²) in [5, 5.41) is 20.5. The van der Waals surface area contributed by atoms with Gasteiger partial charge in [0.05, 0.1) is 22.5 Å². The molecule has 0 bridgehead atoms. The molecular weight excluding hydrogens is 478 g/mol. The van der Waals surface area contributed by atoms with E-state index in [-0.39, 0.29) is 17.4 Å². The SMILES string of the molecule is Cc1cc(N/C=C2\C(=O)Nc3ccc(Cc4ccc(NC(=O)c5cc(C)nn5C(C)(C)C)cc4)cc32)[nH]n1. The molecule has 0 saturated carbocycles. The van der Waals surface area contributed by atoms with Gasteiger partial charge in [0, 0.05) is 29.2 Å². The Labute approximate surface area is 221 Å². The van der Waals surface area contributed by atoms with Gasteiger partial charge in [-0.1, -0.05) is 18.2 Å². The van der Waals surface area contributed by atoms with Crippen LogP contribution in [0.15, 0.2) is 60.8 Å². The van der Waals surface area contributed by atoms with Crippen molar-refractivity contribution < 1.29 is 9.59 Å². The lowest BCUT2D eigenvalue weighted by Gasteiger charge is -2.22. The molecule has 2 amide bonds. The zero-order valence-corrected chi connectivity index (χ0v) is 22.1. The van der Waals surface area contributed by atoms with Gasteiger partial charge in [-0.3, -0.25) is 19.4 Å². The first-order chi connectivity index (χ1) is 18.1. The number of anilines is 3. The van der Waals surface area contributed by atoms with Crippen molar-refractivity contribution in [3.63, 3.8) is 0 Å². The molecule has 9 heteroatoms. The first-order valence-electron chi connectivity index (χ1n) is 12.5. The van der Waals surface area contributed by atoms with E-state index in [2.05, 4.69) is 31.2 Å². The fraction of sp³-hybridized carbons (Fsp3) is 0.241. The average Bonchev–Trinajstić information content (AvgIpc) is 3.55. The van der Waals surface area contributed by atoms with Crippen LogP contribution in [0.3, 0.4) is 0 Å². The van der Waals surface area contributed by atoms with E-state index in [0.29, 0.717) is 23.4 Å². The molecule has 0 radical (unpaired) electrons. The van der Waals surface area contributed by atoms with Crippen molar-refractivity contribution in [3.05, 3.63) is 94.6 Å². The van der Waals surface area contributed by atoms with Crippen LogP contribution in [0.4, 0.5) is 17.2 Å². The summed E-state index contributed by atoms with van der Waals surface area (Å²) in [5.74, 6) is 0.379. The molecule has 194 valence electrons. The van der Waals surface area contributed by atoms with Gasteiger partial charge >= 0.3 is 0 Å². The second-order valence-electron chi connectivity index (χ2n) is 10.5. The lowest BCUT2D eigenvalue weighted by Crippen LogP contribution is -2.29. The summed E-state index contributed by atoms with van der Waals surface area (Å²) in [6.45, 7) is 9.83. The first-order valence-corrected chi connectivity index (χ1v) is 12.5. The van der Waals surface area contributed by atoms with E-state index in [9.17, 15) is 9.59 Å². The number of nitrogens with one attached hydrogen (secondary N) is 4. The van der Waals surface area contributed by atoms with E-state index in [1.807, 2.05) is 83.1 Å². The Morgan fingerprint density at radius 2 is 1.74 bits per heavy atom. The number of hydrogen-bond donors (Lipinski definition) is 4. The van der Waals surface area contributed by atoms with Crippen molar-refractivity contribution in [2.24, 2.45) is 0 Å². The van der Waals surface area contributed by atoms with Crippen molar-refractivity contribution >= 4 is 34.6 Å². The largest absolute Gasteiger partial charge is 0.346 e. The monoisotopic (exact) mass is 509 g/mol. The van der Waals surface area contributed by atoms with E-state index in [4.69, 9.17) is 0 Å². The molecule has 0 fully saturated rings. The zero-order chi connectivity index (χ0) is 27.0. The van der Waals surface area contributed by atoms with Crippen molar-refractivity contribution in [1.29, 1.82) is 0 Å². The summed E-state index contributed by atoms with van der Waals surface area (Å²) < 4.78 is 1.76. The van der Waals surface area contributed by atoms with E-state index in [1.54, 1.807) is 16.9 Å². The van der Waals surface area contributed by atoms with Crippen molar-refractivity contribution in [2.75, 3.05) is 16.0 Å². The predicted octanol–water partition coefficient (Wildman–Crippen LogP) is 5.23. The van der Waals surface area contributed by atoms with Gasteiger partial charge in [0.1, 0.15) is 11.5 Å². The number of rotatable bonds is 6. The Kier molecular flexibility index (Phi) is 6.36. The van der Waals surface area contributed by atoms with Gasteiger partial charge in [-0.25, -0.2) is 0 Å². The molecule has 1 aliphatic rings. The quantitative estimate of drug-likeness (QED) is 0.266. The molecule has 0 unspecified atom stereocenters. The van der Waals surface area contributed by atoms with E-state index >= 15 is 0 Å². The smallest absolute Gasteiger partial charge is 0.273 e. The van der Waals surface area contributed by atoms with Crippen LogP contribution in [-0.4, -0.2) is 31.8 Å². The molecule has 0 spiro atoms. The van der Waals surface area contributed by atoms with Crippen LogP contribution >= 0.6 is 0 Å². The third kappa shape index (κ3) is 5.22. The van der Waals surface area contributed by atoms with Crippen LogP contribution in [0.25, 0.3) is 5.57 Å². The van der Waals surface area contributed by atoms with Crippen LogP contribution in [0, 0.1) is 13.8 Å². The van der Waals surface area contributed by atoms with Crippen LogP contribution in [-0.2, 0) is 16.8 Å². The maximum absolute atomic E-state index is 13.0. The molecule has 38 heavy (non-hydrogen) atoms. The highest BCUT2D eigenvalue weighted by molar-refractivity contribution is 6.31. The Morgan fingerprint density at radius 3 is 2.42 bits per heavy atom. The van der Waals surface area contributed by atoms with Crippen LogP contribution in [0.2, 0.25) is 0 Å². The molecule has 0 saturated heterocycles. The highest BCUT2D eigenvalue weighted by Gasteiger charge is 2.25. The molecule has 0 atom stereocenters. The van der Waals surface area contributed by atoms with Crippen LogP contribution < -0.4 is 16.0 Å². The second kappa shape index (κ2) is 9.66. The molecule has 1 aliphatic heterocycles. The number of nitrogens with zero attached hydrogens (tertiary/aromatic N) is 3. The Morgan fingerprint density at radius 1 is 1.00 bits per heavy atom. The lowest BCUT2D eigenvalue weighted by atomic mass is 9.99. The molecule has 5 rings (SSSR count). The number of benzene rings is 2. The summed E-state index contributed by atoms with van der Waals surface area (Å²) in [7, 11) is 0. The normalized spacial score (nSPS) is 13.9. The number of aryl methyl sites for hydroxylation is 2. The van der Waals surface area contributed by atoms with E-state index in [1.165, 1.54) is 0 Å². The topological polar surface area (TPSA) is 117 Å². The summed E-state index contributed by atoms with van der Waals surface area (Å²) in [4.78, 5) is 25.5. The minimum atomic E-state index is -0.302.